The van der Waals surface area contributed by atoms with Gasteiger partial charge in [-0.1, -0.05) is 6.07 Å². The van der Waals surface area contributed by atoms with E-state index in [0.29, 0.717) is 5.01 Å². The molecule has 0 spiro atoms. The summed E-state index contributed by atoms with van der Waals surface area (Å²) in [6.07, 6.45) is 1.74. The van der Waals surface area contributed by atoms with E-state index in [-0.39, 0.29) is 5.69 Å². The Morgan fingerprint density at radius 3 is 2.94 bits per heavy atom. The highest BCUT2D eigenvalue weighted by Gasteiger charge is 2.10. The van der Waals surface area contributed by atoms with Gasteiger partial charge in [0.05, 0.1) is 5.52 Å². The molecule has 0 amide bonds. The van der Waals surface area contributed by atoms with Crippen molar-refractivity contribution in [1.29, 1.82) is 0 Å². The second-order valence-corrected chi connectivity index (χ2v) is 4.61. The Kier molecular flexibility index (Phi) is 2.53. The minimum Gasteiger partial charge on any atom is -0.476 e. The number of hydrogen-bond acceptors (Lipinski definition) is 4. The third-order valence-corrected chi connectivity index (χ3v) is 3.46. The summed E-state index contributed by atoms with van der Waals surface area (Å²) >= 11 is 1.33. The summed E-state index contributed by atoms with van der Waals surface area (Å²) in [6, 6.07) is 9.62. The first-order valence-electron chi connectivity index (χ1n) is 5.28. The maximum atomic E-state index is 10.8. The maximum absolute atomic E-state index is 10.8. The highest BCUT2D eigenvalue weighted by Crippen LogP contribution is 2.26. The van der Waals surface area contributed by atoms with E-state index in [1.165, 1.54) is 11.3 Å². The molecule has 0 unspecified atom stereocenters. The van der Waals surface area contributed by atoms with Crippen molar-refractivity contribution in [2.45, 2.75) is 0 Å². The van der Waals surface area contributed by atoms with Crippen molar-refractivity contribution >= 4 is 28.2 Å². The summed E-state index contributed by atoms with van der Waals surface area (Å²) in [4.78, 5) is 19.1. The van der Waals surface area contributed by atoms with Crippen molar-refractivity contribution < 1.29 is 9.90 Å². The van der Waals surface area contributed by atoms with Crippen LogP contribution < -0.4 is 0 Å². The van der Waals surface area contributed by atoms with Crippen molar-refractivity contribution in [2.24, 2.45) is 0 Å². The van der Waals surface area contributed by atoms with E-state index < -0.39 is 5.97 Å². The molecule has 3 aromatic rings. The summed E-state index contributed by atoms with van der Waals surface area (Å²) in [6.45, 7) is 0. The zero-order valence-electron chi connectivity index (χ0n) is 9.20. The molecule has 1 aromatic carbocycles. The van der Waals surface area contributed by atoms with Crippen LogP contribution in [-0.4, -0.2) is 21.0 Å². The Labute approximate surface area is 107 Å². The molecule has 0 atom stereocenters. The van der Waals surface area contributed by atoms with Gasteiger partial charge in [0.1, 0.15) is 5.01 Å². The number of fused-ring (bicyclic) bond motifs is 1. The summed E-state index contributed by atoms with van der Waals surface area (Å²) in [5.74, 6) is -1.00. The lowest BCUT2D eigenvalue weighted by Gasteiger charge is -1.99. The fourth-order valence-corrected chi connectivity index (χ4v) is 2.50. The minimum atomic E-state index is -1.00. The van der Waals surface area contributed by atoms with Gasteiger partial charge < -0.3 is 5.11 Å². The molecule has 0 saturated carbocycles. The number of pyridine rings is 1. The molecule has 3 rings (SSSR count). The number of carboxylic acid groups (broad SMARTS) is 1. The van der Waals surface area contributed by atoms with Gasteiger partial charge in [0, 0.05) is 22.5 Å². The van der Waals surface area contributed by atoms with Crippen molar-refractivity contribution in [2.75, 3.05) is 0 Å². The average molecular weight is 256 g/mol. The predicted octanol–water partition coefficient (Wildman–Crippen LogP) is 3.06. The van der Waals surface area contributed by atoms with Crippen LogP contribution in [0.25, 0.3) is 21.5 Å². The van der Waals surface area contributed by atoms with Gasteiger partial charge in [-0.2, -0.15) is 0 Å². The van der Waals surface area contributed by atoms with Crippen LogP contribution in [0.15, 0.2) is 41.9 Å². The van der Waals surface area contributed by atoms with E-state index >= 15 is 0 Å². The number of rotatable bonds is 2. The smallest absolute Gasteiger partial charge is 0.355 e. The number of benzene rings is 1. The molecule has 4 nitrogen and oxygen atoms in total. The largest absolute Gasteiger partial charge is 0.476 e. The van der Waals surface area contributed by atoms with E-state index in [1.54, 1.807) is 11.6 Å². The Morgan fingerprint density at radius 1 is 1.28 bits per heavy atom. The third-order valence-electron chi connectivity index (χ3n) is 2.57. The van der Waals surface area contributed by atoms with Crippen molar-refractivity contribution in [3.63, 3.8) is 0 Å². The van der Waals surface area contributed by atoms with E-state index in [2.05, 4.69) is 9.97 Å². The topological polar surface area (TPSA) is 63.1 Å². The van der Waals surface area contributed by atoms with Gasteiger partial charge in [-0.3, -0.25) is 4.98 Å². The van der Waals surface area contributed by atoms with Gasteiger partial charge in [0.2, 0.25) is 0 Å². The molecule has 0 aliphatic carbocycles. The molecule has 1 N–H and O–H groups in total. The molecule has 0 aliphatic heterocycles. The number of thiazole rings is 1. The van der Waals surface area contributed by atoms with Crippen molar-refractivity contribution in [3.8, 4) is 10.6 Å². The van der Waals surface area contributed by atoms with E-state index in [4.69, 9.17) is 5.11 Å². The van der Waals surface area contributed by atoms with Crippen LogP contribution >= 0.6 is 11.3 Å². The Balaban J connectivity index is 2.10. The first-order chi connectivity index (χ1) is 8.74. The first kappa shape index (κ1) is 10.9. The summed E-state index contributed by atoms with van der Waals surface area (Å²) < 4.78 is 0. The van der Waals surface area contributed by atoms with Gasteiger partial charge in [-0.15, -0.1) is 11.3 Å². The number of carboxylic acids is 1. The van der Waals surface area contributed by atoms with Crippen LogP contribution in [0.4, 0.5) is 0 Å². The summed E-state index contributed by atoms with van der Waals surface area (Å²) in [5, 5.41) is 12.1. The van der Waals surface area contributed by atoms with E-state index in [0.717, 1.165) is 16.5 Å². The predicted molar refractivity (Wildman–Crippen MR) is 69.8 cm³/mol. The zero-order chi connectivity index (χ0) is 12.5. The molecule has 2 heterocycles. The van der Waals surface area contributed by atoms with Gasteiger partial charge in [0.15, 0.2) is 5.69 Å². The molecular weight excluding hydrogens is 248 g/mol. The summed E-state index contributed by atoms with van der Waals surface area (Å²) in [5.41, 5.74) is 1.91. The summed E-state index contributed by atoms with van der Waals surface area (Å²) in [7, 11) is 0. The monoisotopic (exact) mass is 256 g/mol. The van der Waals surface area contributed by atoms with Gasteiger partial charge in [0.25, 0.3) is 0 Å². The Hall–Kier alpha value is -2.27. The second kappa shape index (κ2) is 4.19. The van der Waals surface area contributed by atoms with E-state index in [1.807, 2.05) is 30.3 Å². The lowest BCUT2D eigenvalue weighted by atomic mass is 10.1. The molecule has 0 aliphatic rings. The van der Waals surface area contributed by atoms with Crippen molar-refractivity contribution in [1.82, 2.24) is 9.97 Å². The average Bonchev–Trinajstić information content (AvgIpc) is 2.88. The lowest BCUT2D eigenvalue weighted by molar-refractivity contribution is 0.0691. The molecule has 0 saturated heterocycles. The van der Waals surface area contributed by atoms with Crippen LogP contribution in [-0.2, 0) is 0 Å². The number of nitrogens with zero attached hydrogens (tertiary/aromatic N) is 2. The SMILES string of the molecule is O=C(O)c1csc(-c2ccc3ncccc3c2)n1. The molecule has 2 aromatic heterocycles. The number of aromatic nitrogens is 2. The Morgan fingerprint density at radius 2 is 2.17 bits per heavy atom. The van der Waals surface area contributed by atoms with Crippen LogP contribution in [0.3, 0.4) is 0 Å². The minimum absolute atomic E-state index is 0.0845. The standard InChI is InChI=1S/C13H8N2O2S/c16-13(17)11-7-18-12(15-11)9-3-4-10-8(6-9)2-1-5-14-10/h1-7H,(H,16,17). The molecule has 0 bridgehead atoms. The highest BCUT2D eigenvalue weighted by atomic mass is 32.1. The van der Waals surface area contributed by atoms with Crippen LogP contribution in [0.5, 0.6) is 0 Å². The van der Waals surface area contributed by atoms with Gasteiger partial charge in [-0.05, 0) is 24.3 Å². The van der Waals surface area contributed by atoms with Crippen LogP contribution in [0, 0.1) is 0 Å². The van der Waals surface area contributed by atoms with Gasteiger partial charge in [-0.25, -0.2) is 9.78 Å². The normalized spacial score (nSPS) is 10.7. The Bertz CT molecular complexity index is 736. The first-order valence-corrected chi connectivity index (χ1v) is 6.16. The number of carbonyl (C=O) groups is 1. The molecule has 0 radical (unpaired) electrons. The molecule has 0 fully saturated rings. The third kappa shape index (κ3) is 1.84. The number of hydrogen-bond donors (Lipinski definition) is 1. The fourth-order valence-electron chi connectivity index (χ4n) is 1.71. The molecule has 88 valence electrons. The maximum Gasteiger partial charge on any atom is 0.355 e. The highest BCUT2D eigenvalue weighted by molar-refractivity contribution is 7.13. The molecule has 5 heteroatoms. The molecular formula is C13H8N2O2S. The molecule has 18 heavy (non-hydrogen) atoms. The zero-order valence-corrected chi connectivity index (χ0v) is 10.0. The fraction of sp³-hybridized carbons (Fsp3) is 0. The number of aromatic carboxylic acids is 1. The lowest BCUT2D eigenvalue weighted by Crippen LogP contribution is -1.95. The van der Waals surface area contributed by atoms with Gasteiger partial charge >= 0.3 is 5.97 Å². The van der Waals surface area contributed by atoms with Crippen molar-refractivity contribution in [3.05, 3.63) is 47.6 Å². The quantitative estimate of drug-likeness (QED) is 0.765. The van der Waals surface area contributed by atoms with E-state index in [9.17, 15) is 4.79 Å². The van der Waals surface area contributed by atoms with Crippen LogP contribution in [0.1, 0.15) is 10.5 Å². The second-order valence-electron chi connectivity index (χ2n) is 3.75. The van der Waals surface area contributed by atoms with Crippen LogP contribution in [0.2, 0.25) is 0 Å².